The summed E-state index contributed by atoms with van der Waals surface area (Å²) < 4.78 is 56.4. The first-order valence-corrected chi connectivity index (χ1v) is 15.3. The molecule has 4 aromatic rings. The molecule has 6 N–H and O–H groups in total. The van der Waals surface area contributed by atoms with Crippen LogP contribution >= 0.6 is 0 Å². The van der Waals surface area contributed by atoms with Crippen LogP contribution in [0.3, 0.4) is 0 Å². The van der Waals surface area contributed by atoms with Gasteiger partial charge in [-0.25, -0.2) is 18.7 Å². The van der Waals surface area contributed by atoms with Crippen LogP contribution in [0.4, 0.5) is 20.7 Å². The number of nitrogen functional groups attached to an aromatic ring is 1. The Balaban J connectivity index is 0.000000191. The summed E-state index contributed by atoms with van der Waals surface area (Å²) in [4.78, 5) is 35.2. The van der Waals surface area contributed by atoms with E-state index in [2.05, 4.69) is 48.4 Å². The number of aliphatic hydroxyl groups is 2. The molecule has 0 aliphatic carbocycles. The Morgan fingerprint density at radius 2 is 1.73 bits per heavy atom. The SMILES string of the molecule is C=C[C@]1(CO)O[C@@H](n2cnc3c(OCC)nc(N)nc32)[C@H](F)[C@@H]1O.[3H]CCNc1nc2c(ncn2[C@@H]2O[C@](C=C)(CC)[C@@H](C)[C@H]2F)c(=O)[nH]1. The van der Waals surface area contributed by atoms with Gasteiger partial charge in [0.1, 0.15) is 11.7 Å². The van der Waals surface area contributed by atoms with Crippen molar-refractivity contribution < 1.29 is 34.6 Å². The maximum atomic E-state index is 15.0. The van der Waals surface area contributed by atoms with Crippen LogP contribution in [0.25, 0.3) is 22.3 Å². The quantitative estimate of drug-likeness (QED) is 0.153. The van der Waals surface area contributed by atoms with Gasteiger partial charge in [0.15, 0.2) is 47.1 Å². The molecule has 0 bridgehead atoms. The van der Waals surface area contributed by atoms with Crippen molar-refractivity contribution in [3.8, 4) is 5.88 Å². The number of H-pyrrole nitrogens is 1. The summed E-state index contributed by atoms with van der Waals surface area (Å²) >= 11 is 0. The van der Waals surface area contributed by atoms with Gasteiger partial charge in [0.25, 0.3) is 5.56 Å². The third kappa shape index (κ3) is 5.67. The highest BCUT2D eigenvalue weighted by molar-refractivity contribution is 5.77. The fourth-order valence-corrected chi connectivity index (χ4v) is 5.91. The lowest BCUT2D eigenvalue weighted by Crippen LogP contribution is -2.43. The van der Waals surface area contributed by atoms with Crippen LogP contribution in [-0.4, -0.2) is 98.7 Å². The lowest BCUT2D eigenvalue weighted by Gasteiger charge is -2.27. The Morgan fingerprint density at radius 3 is 2.29 bits per heavy atom. The average Bonchev–Trinajstić information content (AvgIpc) is 3.84. The lowest BCUT2D eigenvalue weighted by atomic mass is 9.85. The number of hydrogen-bond acceptors (Lipinski definition) is 13. The van der Waals surface area contributed by atoms with E-state index in [1.165, 1.54) is 27.9 Å². The van der Waals surface area contributed by atoms with Crippen molar-refractivity contribution in [1.29, 1.82) is 0 Å². The zero-order chi connectivity index (χ0) is 35.7. The maximum absolute atomic E-state index is 15.0. The fraction of sp³-hybridized carbons (Fsp3) is 0.533. The second kappa shape index (κ2) is 13.5. The predicted molar refractivity (Wildman–Crippen MR) is 172 cm³/mol. The number of nitrogens with two attached hydrogens (primary N) is 1. The monoisotopic (exact) mass is 676 g/mol. The van der Waals surface area contributed by atoms with E-state index in [-0.39, 0.29) is 52.9 Å². The van der Waals surface area contributed by atoms with Crippen LogP contribution in [0.2, 0.25) is 0 Å². The number of aromatic amines is 1. The van der Waals surface area contributed by atoms with E-state index >= 15 is 0 Å². The molecule has 4 aromatic heterocycles. The molecule has 2 aliphatic rings. The van der Waals surface area contributed by atoms with Crippen LogP contribution in [0.1, 0.15) is 47.9 Å². The summed E-state index contributed by atoms with van der Waals surface area (Å²) in [5, 5.41) is 22.4. The highest BCUT2D eigenvalue weighted by atomic mass is 19.1. The molecule has 0 spiro atoms. The summed E-state index contributed by atoms with van der Waals surface area (Å²) in [6, 6.07) is 0. The standard InChI is InChI=1S/C16H22FN5O2.C14H18FN5O4/c1-5-16(6-2)9(4)10(17)14(24-16)22-8-19-11-12(22)20-15(18-7-3)21-13(11)23;1-3-14(5-21)9(22)7(15)12(24-14)20-6-17-8-10(20)18-13(16)19-11(8)23-4-2/h5,8-10,14H,1,6-7H2,2-4H3,(H2,18,20,21,23);3,6-7,9,12,21-22H,1,4-5H2,2H3,(H2,16,18,19)/t9-,10+,14+,16+;7-,9+,12-,14-/m01/s1/i3T;. The third-order valence-electron chi connectivity index (χ3n) is 8.73. The number of imidazole rings is 2. The summed E-state index contributed by atoms with van der Waals surface area (Å²) in [6.07, 6.45) is -0.834. The first-order chi connectivity index (χ1) is 23.4. The number of halogens is 2. The Hall–Kier alpha value is -4.52. The van der Waals surface area contributed by atoms with Crippen molar-refractivity contribution in [3.05, 3.63) is 48.3 Å². The summed E-state index contributed by atoms with van der Waals surface area (Å²) in [6.45, 7) is 13.0. The van der Waals surface area contributed by atoms with Crippen LogP contribution in [0.15, 0.2) is 42.8 Å². The van der Waals surface area contributed by atoms with E-state index < -0.39 is 54.3 Å². The molecule has 0 amide bonds. The molecule has 8 atom stereocenters. The normalized spacial score (nSPS) is 30.2. The predicted octanol–water partition coefficient (Wildman–Crippen LogP) is 2.34. The molecule has 6 rings (SSSR count). The number of aromatic nitrogens is 8. The second-order valence-electron chi connectivity index (χ2n) is 11.3. The molecule has 16 nitrogen and oxygen atoms in total. The number of anilines is 2. The van der Waals surface area contributed by atoms with E-state index in [0.29, 0.717) is 19.6 Å². The van der Waals surface area contributed by atoms with Gasteiger partial charge in [0.2, 0.25) is 17.8 Å². The zero-order valence-electron chi connectivity index (χ0n) is 27.7. The molecular weight excluding hydrogens is 634 g/mol. The summed E-state index contributed by atoms with van der Waals surface area (Å²) in [5.74, 6) is -0.0672. The Labute approximate surface area is 275 Å². The molecule has 18 heteroatoms. The van der Waals surface area contributed by atoms with Gasteiger partial charge in [-0.05, 0) is 20.2 Å². The first-order valence-electron chi connectivity index (χ1n) is 16.0. The topological polar surface area (TPSA) is 213 Å². The van der Waals surface area contributed by atoms with Crippen LogP contribution < -0.4 is 21.3 Å². The number of nitrogens with zero attached hydrogens (tertiary/aromatic N) is 7. The van der Waals surface area contributed by atoms with Gasteiger partial charge in [-0.3, -0.25) is 18.9 Å². The van der Waals surface area contributed by atoms with Crippen molar-refractivity contribution in [2.24, 2.45) is 5.92 Å². The van der Waals surface area contributed by atoms with E-state index in [9.17, 15) is 23.8 Å². The highest BCUT2D eigenvalue weighted by Gasteiger charge is 2.55. The largest absolute Gasteiger partial charge is 0.476 e. The van der Waals surface area contributed by atoms with Crippen LogP contribution in [0.5, 0.6) is 5.88 Å². The Kier molecular flexibility index (Phi) is 9.41. The molecule has 0 aromatic carbocycles. The lowest BCUT2D eigenvalue weighted by molar-refractivity contribution is -0.0960. The molecule has 6 heterocycles. The summed E-state index contributed by atoms with van der Waals surface area (Å²) in [7, 11) is 0. The van der Waals surface area contributed by atoms with Crippen molar-refractivity contribution in [3.63, 3.8) is 0 Å². The fourth-order valence-electron chi connectivity index (χ4n) is 5.91. The zero-order valence-corrected chi connectivity index (χ0v) is 26.7. The molecule has 48 heavy (non-hydrogen) atoms. The molecule has 260 valence electrons. The van der Waals surface area contributed by atoms with Gasteiger partial charge >= 0.3 is 0 Å². The molecule has 2 saturated heterocycles. The minimum absolute atomic E-state index is 0.0706. The van der Waals surface area contributed by atoms with E-state index in [4.69, 9.17) is 21.3 Å². The molecule has 2 fully saturated rings. The number of ether oxygens (including phenoxy) is 3. The molecule has 2 aliphatic heterocycles. The van der Waals surface area contributed by atoms with Crippen molar-refractivity contribution in [1.82, 2.24) is 39.0 Å². The van der Waals surface area contributed by atoms with Gasteiger partial charge in [0, 0.05) is 13.8 Å². The minimum atomic E-state index is -1.83. The Morgan fingerprint density at radius 1 is 1.10 bits per heavy atom. The average molecular weight is 677 g/mol. The third-order valence-corrected chi connectivity index (χ3v) is 8.73. The van der Waals surface area contributed by atoms with Crippen molar-refractivity contribution >= 4 is 34.2 Å². The first kappa shape index (κ1) is 33.4. The number of alkyl halides is 2. The van der Waals surface area contributed by atoms with E-state index in [1.54, 1.807) is 19.9 Å². The summed E-state index contributed by atoms with van der Waals surface area (Å²) in [5.41, 5.74) is 3.71. The maximum Gasteiger partial charge on any atom is 0.280 e. The van der Waals surface area contributed by atoms with Gasteiger partial charge in [0.05, 0.1) is 31.5 Å². The van der Waals surface area contributed by atoms with E-state index in [0.717, 1.165) is 0 Å². The van der Waals surface area contributed by atoms with Crippen LogP contribution in [0, 0.1) is 5.92 Å². The minimum Gasteiger partial charge on any atom is -0.476 e. The molecule has 0 radical (unpaired) electrons. The molecule has 0 unspecified atom stereocenters. The molecule has 0 saturated carbocycles. The van der Waals surface area contributed by atoms with Gasteiger partial charge in [-0.15, -0.1) is 13.2 Å². The highest BCUT2D eigenvalue weighted by Crippen LogP contribution is 2.46. The van der Waals surface area contributed by atoms with Gasteiger partial charge < -0.3 is 35.5 Å². The van der Waals surface area contributed by atoms with E-state index in [1.807, 2.05) is 6.92 Å². The number of aliphatic hydroxyl groups excluding tert-OH is 2. The van der Waals surface area contributed by atoms with Gasteiger partial charge in [-0.1, -0.05) is 26.0 Å². The molecular formula is C30H40F2N10O6. The number of rotatable bonds is 10. The second-order valence-corrected chi connectivity index (χ2v) is 11.3. The Bertz CT molecular complexity index is 1870. The smallest absolute Gasteiger partial charge is 0.280 e. The van der Waals surface area contributed by atoms with Crippen molar-refractivity contribution in [2.45, 2.75) is 76.2 Å². The van der Waals surface area contributed by atoms with Crippen LogP contribution in [-0.2, 0) is 9.47 Å². The number of hydrogen-bond donors (Lipinski definition) is 5. The van der Waals surface area contributed by atoms with Gasteiger partial charge in [-0.2, -0.15) is 15.0 Å². The number of fused-ring (bicyclic) bond motifs is 2. The number of nitrogens with one attached hydrogen (secondary N) is 2. The van der Waals surface area contributed by atoms with Crippen molar-refractivity contribution in [2.75, 3.05) is 30.8 Å².